The Morgan fingerprint density at radius 2 is 2.13 bits per heavy atom. The highest BCUT2D eigenvalue weighted by atomic mass is 32.2. The molecule has 1 aliphatic heterocycles. The molecule has 1 aliphatic carbocycles. The second-order valence-electron chi connectivity index (χ2n) is 3.63. The summed E-state index contributed by atoms with van der Waals surface area (Å²) in [5, 5.41) is -0.278. The normalized spacial score (nSPS) is 28.4. The average Bonchev–Trinajstić information content (AvgIpc) is 3.02. The molecule has 84 valence electrons. The van der Waals surface area contributed by atoms with Crippen molar-refractivity contribution in [1.29, 1.82) is 0 Å². The molecule has 1 unspecified atom stereocenters. The van der Waals surface area contributed by atoms with Crippen molar-refractivity contribution in [3.05, 3.63) is 0 Å². The van der Waals surface area contributed by atoms with Crippen molar-refractivity contribution in [2.24, 2.45) is 4.99 Å². The van der Waals surface area contributed by atoms with E-state index in [2.05, 4.69) is 4.99 Å². The molecular weight excluding hydrogens is 220 g/mol. The van der Waals surface area contributed by atoms with Gasteiger partial charge in [-0.1, -0.05) is 0 Å². The van der Waals surface area contributed by atoms with Gasteiger partial charge in [-0.3, -0.25) is 0 Å². The lowest BCUT2D eigenvalue weighted by Crippen LogP contribution is -2.48. The molecule has 1 saturated carbocycles. The van der Waals surface area contributed by atoms with E-state index in [4.69, 9.17) is 4.74 Å². The number of sulfonamides is 1. The van der Waals surface area contributed by atoms with E-state index in [0.717, 1.165) is 0 Å². The Kier molecular flexibility index (Phi) is 2.88. The van der Waals surface area contributed by atoms with E-state index in [0.29, 0.717) is 19.4 Å². The molecule has 0 bridgehead atoms. The van der Waals surface area contributed by atoms with Gasteiger partial charge in [-0.05, 0) is 12.8 Å². The molecule has 0 aromatic rings. The predicted molar refractivity (Wildman–Crippen MR) is 51.4 cm³/mol. The standard InChI is InChI=1S/C8H12N2O4S/c11-6-9-8-5-14-4-3-10(8)15(12,13)7-1-2-7/h7-8H,1-5H2. The SMILES string of the molecule is O=C=NC1COCCN1S(=O)(=O)C1CC1. The van der Waals surface area contributed by atoms with Crippen LogP contribution in [-0.2, 0) is 19.6 Å². The van der Waals surface area contributed by atoms with Crippen LogP contribution in [-0.4, -0.2) is 50.0 Å². The molecule has 0 radical (unpaired) electrons. The van der Waals surface area contributed by atoms with Gasteiger partial charge in [0.1, 0.15) is 0 Å². The van der Waals surface area contributed by atoms with Crippen molar-refractivity contribution in [3.8, 4) is 0 Å². The highest BCUT2D eigenvalue weighted by Crippen LogP contribution is 2.32. The van der Waals surface area contributed by atoms with Gasteiger partial charge in [-0.2, -0.15) is 9.30 Å². The molecule has 1 heterocycles. The fraction of sp³-hybridized carbons (Fsp3) is 0.875. The van der Waals surface area contributed by atoms with Crippen LogP contribution in [0.25, 0.3) is 0 Å². The minimum absolute atomic E-state index is 0.140. The maximum Gasteiger partial charge on any atom is 0.236 e. The van der Waals surface area contributed by atoms with Gasteiger partial charge >= 0.3 is 0 Å². The molecule has 6 nitrogen and oxygen atoms in total. The molecule has 0 amide bonds. The van der Waals surface area contributed by atoms with Crippen molar-refractivity contribution >= 4 is 16.1 Å². The molecule has 1 saturated heterocycles. The van der Waals surface area contributed by atoms with Crippen molar-refractivity contribution < 1.29 is 17.9 Å². The molecule has 1 atom stereocenters. The first-order valence-electron chi connectivity index (χ1n) is 4.81. The fourth-order valence-corrected chi connectivity index (χ4v) is 3.48. The van der Waals surface area contributed by atoms with Crippen LogP contribution in [0.15, 0.2) is 4.99 Å². The van der Waals surface area contributed by atoms with Gasteiger partial charge in [0.25, 0.3) is 0 Å². The van der Waals surface area contributed by atoms with Crippen LogP contribution in [0.3, 0.4) is 0 Å². The Morgan fingerprint density at radius 1 is 1.40 bits per heavy atom. The fourth-order valence-electron chi connectivity index (χ4n) is 1.59. The highest BCUT2D eigenvalue weighted by Gasteiger charge is 2.43. The summed E-state index contributed by atoms with van der Waals surface area (Å²) in [5.41, 5.74) is 0. The van der Waals surface area contributed by atoms with E-state index < -0.39 is 16.2 Å². The quantitative estimate of drug-likeness (QED) is 0.484. The van der Waals surface area contributed by atoms with E-state index in [1.807, 2.05) is 0 Å². The lowest BCUT2D eigenvalue weighted by atomic mass is 10.4. The van der Waals surface area contributed by atoms with Gasteiger partial charge in [0.15, 0.2) is 6.17 Å². The molecule has 7 heteroatoms. The Hall–Kier alpha value is -0.750. The molecule has 2 fully saturated rings. The van der Waals surface area contributed by atoms with Gasteiger partial charge < -0.3 is 4.74 Å². The second-order valence-corrected chi connectivity index (χ2v) is 5.80. The lowest BCUT2D eigenvalue weighted by Gasteiger charge is -2.30. The Bertz CT molecular complexity index is 383. The van der Waals surface area contributed by atoms with E-state index in [1.165, 1.54) is 10.4 Å². The number of morpholine rings is 1. The summed E-state index contributed by atoms with van der Waals surface area (Å²) in [5.74, 6) is 0. The summed E-state index contributed by atoms with van der Waals surface area (Å²) in [7, 11) is -3.28. The Morgan fingerprint density at radius 3 is 2.73 bits per heavy atom. The van der Waals surface area contributed by atoms with Gasteiger partial charge in [0, 0.05) is 6.54 Å². The van der Waals surface area contributed by atoms with E-state index in [1.54, 1.807) is 0 Å². The van der Waals surface area contributed by atoms with Crippen LogP contribution in [0.4, 0.5) is 0 Å². The molecule has 2 rings (SSSR count). The molecule has 0 N–H and O–H groups in total. The number of aliphatic imine (C=N–C) groups is 1. The molecule has 0 aromatic carbocycles. The number of hydrogen-bond donors (Lipinski definition) is 0. The zero-order chi connectivity index (χ0) is 10.9. The van der Waals surface area contributed by atoms with Crippen LogP contribution < -0.4 is 0 Å². The van der Waals surface area contributed by atoms with Crippen LogP contribution in [0.5, 0.6) is 0 Å². The van der Waals surface area contributed by atoms with E-state index in [9.17, 15) is 13.2 Å². The average molecular weight is 232 g/mol. The smallest absolute Gasteiger partial charge is 0.236 e. The molecule has 2 aliphatic rings. The third-order valence-corrected chi connectivity index (χ3v) is 4.92. The number of rotatable bonds is 3. The monoisotopic (exact) mass is 232 g/mol. The summed E-state index contributed by atoms with van der Waals surface area (Å²) in [4.78, 5) is 13.6. The molecule has 0 spiro atoms. The van der Waals surface area contributed by atoms with Crippen LogP contribution in [0.1, 0.15) is 12.8 Å². The minimum atomic E-state index is -3.28. The summed E-state index contributed by atoms with van der Waals surface area (Å²) in [6.45, 7) is 0.771. The predicted octanol–water partition coefficient (Wildman–Crippen LogP) is -0.527. The largest absolute Gasteiger partial charge is 0.376 e. The van der Waals surface area contributed by atoms with Gasteiger partial charge in [-0.15, -0.1) is 0 Å². The first-order chi connectivity index (χ1) is 7.16. The van der Waals surface area contributed by atoms with Crippen molar-refractivity contribution in [1.82, 2.24) is 4.31 Å². The Labute approximate surface area is 88.0 Å². The summed E-state index contributed by atoms with van der Waals surface area (Å²) in [6, 6.07) is 0. The third kappa shape index (κ3) is 2.10. The molecule has 0 aromatic heterocycles. The number of hydrogen-bond acceptors (Lipinski definition) is 5. The van der Waals surface area contributed by atoms with Crippen molar-refractivity contribution in [3.63, 3.8) is 0 Å². The number of nitrogens with zero attached hydrogens (tertiary/aromatic N) is 2. The summed E-state index contributed by atoms with van der Waals surface area (Å²) in [6.07, 6.45) is 2.08. The number of carbonyl (C=O) groups excluding carboxylic acids is 1. The summed E-state index contributed by atoms with van der Waals surface area (Å²) < 4.78 is 30.2. The highest BCUT2D eigenvalue weighted by molar-refractivity contribution is 7.90. The Balaban J connectivity index is 2.20. The van der Waals surface area contributed by atoms with Crippen molar-refractivity contribution in [2.75, 3.05) is 19.8 Å². The molecular formula is C8H12N2O4S. The number of isocyanates is 1. The zero-order valence-electron chi connectivity index (χ0n) is 8.13. The second kappa shape index (κ2) is 4.02. The first kappa shape index (κ1) is 10.8. The van der Waals surface area contributed by atoms with Crippen LogP contribution in [0, 0.1) is 0 Å². The number of ether oxygens (including phenoxy) is 1. The zero-order valence-corrected chi connectivity index (χ0v) is 8.94. The molecule has 15 heavy (non-hydrogen) atoms. The van der Waals surface area contributed by atoms with E-state index in [-0.39, 0.29) is 18.4 Å². The lowest BCUT2D eigenvalue weighted by molar-refractivity contribution is 0.0358. The third-order valence-electron chi connectivity index (χ3n) is 2.53. The van der Waals surface area contributed by atoms with E-state index >= 15 is 0 Å². The van der Waals surface area contributed by atoms with Gasteiger partial charge in [0.2, 0.25) is 16.1 Å². The summed E-state index contributed by atoms with van der Waals surface area (Å²) >= 11 is 0. The minimum Gasteiger partial charge on any atom is -0.376 e. The maximum absolute atomic E-state index is 11.9. The topological polar surface area (TPSA) is 76.0 Å². The van der Waals surface area contributed by atoms with Gasteiger partial charge in [-0.25, -0.2) is 13.2 Å². The van der Waals surface area contributed by atoms with Crippen molar-refractivity contribution in [2.45, 2.75) is 24.3 Å². The first-order valence-corrected chi connectivity index (χ1v) is 6.32. The van der Waals surface area contributed by atoms with Crippen LogP contribution >= 0.6 is 0 Å². The van der Waals surface area contributed by atoms with Crippen LogP contribution in [0.2, 0.25) is 0 Å². The maximum atomic E-state index is 11.9. The van der Waals surface area contributed by atoms with Gasteiger partial charge in [0.05, 0.1) is 18.5 Å².